The molecule has 0 bridgehead atoms. The van der Waals surface area contributed by atoms with Crippen LogP contribution in [0, 0.1) is 0 Å². The minimum atomic E-state index is -0.460. The molecule has 0 aliphatic heterocycles. The molecule has 1 N–H and O–H groups in total. The molecule has 0 saturated carbocycles. The van der Waals surface area contributed by atoms with Crippen LogP contribution in [0.4, 0.5) is 0 Å². The molecule has 0 aliphatic rings. The maximum Gasteiger partial charge on any atom is 0.292 e. The van der Waals surface area contributed by atoms with E-state index in [-0.39, 0.29) is 11.3 Å². The van der Waals surface area contributed by atoms with Gasteiger partial charge in [0.25, 0.3) is 11.5 Å². The molecular formula is C15H12N4O2S. The van der Waals surface area contributed by atoms with Crippen molar-refractivity contribution < 1.29 is 4.79 Å². The number of benzene rings is 1. The van der Waals surface area contributed by atoms with E-state index in [4.69, 9.17) is 0 Å². The maximum atomic E-state index is 12.3. The van der Waals surface area contributed by atoms with E-state index < -0.39 is 5.91 Å². The zero-order valence-corrected chi connectivity index (χ0v) is 12.5. The molecule has 3 rings (SSSR count). The Morgan fingerprint density at radius 2 is 2.09 bits per heavy atom. The molecule has 2 aromatic heterocycles. The largest absolute Gasteiger partial charge is 0.292 e. The molecular weight excluding hydrogens is 300 g/mol. The summed E-state index contributed by atoms with van der Waals surface area (Å²) in [5.74, 6) is -0.460. The predicted molar refractivity (Wildman–Crippen MR) is 86.4 cm³/mol. The van der Waals surface area contributed by atoms with Gasteiger partial charge in [-0.3, -0.25) is 9.59 Å². The SMILES string of the molecule is Cn1nc(C(=O)N/N=C\c2ccsc2)c2ccccc2c1=O. The molecule has 0 aliphatic carbocycles. The van der Waals surface area contributed by atoms with E-state index in [0.717, 1.165) is 10.2 Å². The third-order valence-corrected chi connectivity index (χ3v) is 3.80. The Morgan fingerprint density at radius 3 is 2.82 bits per heavy atom. The summed E-state index contributed by atoms with van der Waals surface area (Å²) in [6.07, 6.45) is 1.55. The Labute approximate surface area is 129 Å². The number of nitrogens with zero attached hydrogens (tertiary/aromatic N) is 3. The van der Waals surface area contributed by atoms with Crippen LogP contribution in [0.5, 0.6) is 0 Å². The summed E-state index contributed by atoms with van der Waals surface area (Å²) < 4.78 is 1.15. The lowest BCUT2D eigenvalue weighted by Crippen LogP contribution is -2.27. The van der Waals surface area contributed by atoms with Gasteiger partial charge in [-0.1, -0.05) is 18.2 Å². The topological polar surface area (TPSA) is 76.3 Å². The van der Waals surface area contributed by atoms with E-state index >= 15 is 0 Å². The lowest BCUT2D eigenvalue weighted by Gasteiger charge is -2.06. The standard InChI is InChI=1S/C15H12N4O2S/c1-19-15(21)12-5-3-2-4-11(12)13(18-19)14(20)17-16-8-10-6-7-22-9-10/h2-9H,1H3,(H,17,20)/b16-8-. The van der Waals surface area contributed by atoms with Gasteiger partial charge < -0.3 is 0 Å². The van der Waals surface area contributed by atoms with Crippen LogP contribution in [-0.2, 0) is 7.05 Å². The Hall–Kier alpha value is -2.80. The highest BCUT2D eigenvalue weighted by Crippen LogP contribution is 2.12. The van der Waals surface area contributed by atoms with Crippen molar-refractivity contribution in [2.24, 2.45) is 12.1 Å². The number of carbonyl (C=O) groups is 1. The molecule has 0 saturated heterocycles. The lowest BCUT2D eigenvalue weighted by atomic mass is 10.1. The molecule has 2 heterocycles. The fraction of sp³-hybridized carbons (Fsp3) is 0.0667. The second-order valence-corrected chi connectivity index (χ2v) is 5.36. The van der Waals surface area contributed by atoms with Gasteiger partial charge in [-0.15, -0.1) is 0 Å². The van der Waals surface area contributed by atoms with E-state index in [0.29, 0.717) is 10.8 Å². The lowest BCUT2D eigenvalue weighted by molar-refractivity contribution is 0.0950. The molecule has 110 valence electrons. The molecule has 1 amide bonds. The number of rotatable bonds is 3. The third-order valence-electron chi connectivity index (χ3n) is 3.09. The average Bonchev–Trinajstić information content (AvgIpc) is 3.04. The summed E-state index contributed by atoms with van der Waals surface area (Å²) in [5, 5.41) is 12.7. The van der Waals surface area contributed by atoms with Gasteiger partial charge in [0.05, 0.1) is 11.6 Å². The van der Waals surface area contributed by atoms with Crippen molar-refractivity contribution in [1.29, 1.82) is 0 Å². The van der Waals surface area contributed by atoms with Gasteiger partial charge in [-0.2, -0.15) is 21.5 Å². The van der Waals surface area contributed by atoms with Crippen molar-refractivity contribution in [2.45, 2.75) is 0 Å². The minimum Gasteiger partial charge on any atom is -0.267 e. The Bertz CT molecular complexity index is 913. The van der Waals surface area contributed by atoms with E-state index in [2.05, 4.69) is 15.6 Å². The van der Waals surface area contributed by atoms with Gasteiger partial charge >= 0.3 is 0 Å². The molecule has 0 unspecified atom stereocenters. The number of hydrazone groups is 1. The summed E-state index contributed by atoms with van der Waals surface area (Å²) >= 11 is 1.55. The molecule has 7 heteroatoms. The highest BCUT2D eigenvalue weighted by Gasteiger charge is 2.14. The fourth-order valence-electron chi connectivity index (χ4n) is 2.03. The molecule has 0 atom stereocenters. The van der Waals surface area contributed by atoms with Crippen molar-refractivity contribution in [3.05, 3.63) is 62.7 Å². The van der Waals surface area contributed by atoms with Crippen LogP contribution in [0.25, 0.3) is 10.8 Å². The first-order valence-electron chi connectivity index (χ1n) is 6.48. The fourth-order valence-corrected chi connectivity index (χ4v) is 2.65. The normalized spacial score (nSPS) is 11.1. The number of amides is 1. The van der Waals surface area contributed by atoms with E-state index in [9.17, 15) is 9.59 Å². The first kappa shape index (κ1) is 14.2. The molecule has 22 heavy (non-hydrogen) atoms. The van der Waals surface area contributed by atoms with Crippen LogP contribution in [0.1, 0.15) is 16.1 Å². The quantitative estimate of drug-likeness (QED) is 0.591. The second kappa shape index (κ2) is 5.90. The molecule has 0 fully saturated rings. The van der Waals surface area contributed by atoms with Crippen molar-refractivity contribution in [3.8, 4) is 0 Å². The number of aryl methyl sites for hydroxylation is 1. The Morgan fingerprint density at radius 1 is 1.32 bits per heavy atom. The van der Waals surface area contributed by atoms with Gasteiger partial charge in [0.15, 0.2) is 5.69 Å². The predicted octanol–water partition coefficient (Wildman–Crippen LogP) is 1.76. The summed E-state index contributed by atoms with van der Waals surface area (Å²) in [6.45, 7) is 0. The molecule has 0 radical (unpaired) electrons. The minimum absolute atomic E-state index is 0.167. The first-order chi connectivity index (χ1) is 10.7. The second-order valence-electron chi connectivity index (χ2n) is 4.58. The summed E-state index contributed by atoms with van der Waals surface area (Å²) in [7, 11) is 1.51. The molecule has 1 aromatic carbocycles. The Balaban J connectivity index is 1.94. The number of hydrogen-bond donors (Lipinski definition) is 1. The third kappa shape index (κ3) is 2.66. The van der Waals surface area contributed by atoms with Crippen LogP contribution >= 0.6 is 11.3 Å². The van der Waals surface area contributed by atoms with Crippen LogP contribution in [0.15, 0.2) is 51.0 Å². The molecule has 3 aromatic rings. The van der Waals surface area contributed by atoms with Gasteiger partial charge in [0.1, 0.15) is 0 Å². The van der Waals surface area contributed by atoms with E-state index in [1.165, 1.54) is 7.05 Å². The average molecular weight is 312 g/mol. The van der Waals surface area contributed by atoms with Crippen LogP contribution in [0.3, 0.4) is 0 Å². The van der Waals surface area contributed by atoms with Gasteiger partial charge in [0.2, 0.25) is 0 Å². The van der Waals surface area contributed by atoms with Gasteiger partial charge in [-0.05, 0) is 22.9 Å². The van der Waals surface area contributed by atoms with Crippen LogP contribution < -0.4 is 11.0 Å². The summed E-state index contributed by atoms with van der Waals surface area (Å²) in [5.41, 5.74) is 3.26. The zero-order valence-electron chi connectivity index (χ0n) is 11.7. The van der Waals surface area contributed by atoms with E-state index in [1.54, 1.807) is 41.8 Å². The number of carbonyl (C=O) groups excluding carboxylic acids is 1. The number of fused-ring (bicyclic) bond motifs is 1. The van der Waals surface area contributed by atoms with Crippen molar-refractivity contribution in [3.63, 3.8) is 0 Å². The van der Waals surface area contributed by atoms with Crippen molar-refractivity contribution in [1.82, 2.24) is 15.2 Å². The Kier molecular flexibility index (Phi) is 3.80. The number of thiophene rings is 1. The monoisotopic (exact) mass is 312 g/mol. The van der Waals surface area contributed by atoms with Crippen molar-refractivity contribution >= 4 is 34.2 Å². The first-order valence-corrected chi connectivity index (χ1v) is 7.43. The highest BCUT2D eigenvalue weighted by molar-refractivity contribution is 7.08. The van der Waals surface area contributed by atoms with Crippen LogP contribution in [-0.4, -0.2) is 21.9 Å². The van der Waals surface area contributed by atoms with Crippen LogP contribution in [0.2, 0.25) is 0 Å². The number of hydrogen-bond acceptors (Lipinski definition) is 5. The maximum absolute atomic E-state index is 12.3. The van der Waals surface area contributed by atoms with Gasteiger partial charge in [-0.25, -0.2) is 10.1 Å². The smallest absolute Gasteiger partial charge is 0.267 e. The summed E-state index contributed by atoms with van der Waals surface area (Å²) in [6, 6.07) is 8.77. The zero-order chi connectivity index (χ0) is 15.5. The number of aromatic nitrogens is 2. The van der Waals surface area contributed by atoms with Crippen molar-refractivity contribution in [2.75, 3.05) is 0 Å². The van der Waals surface area contributed by atoms with Gasteiger partial charge in [0, 0.05) is 18.0 Å². The summed E-state index contributed by atoms with van der Waals surface area (Å²) in [4.78, 5) is 24.3. The molecule has 6 nitrogen and oxygen atoms in total. The number of nitrogens with one attached hydrogen (secondary N) is 1. The highest BCUT2D eigenvalue weighted by atomic mass is 32.1. The molecule has 0 spiro atoms. The van der Waals surface area contributed by atoms with E-state index in [1.807, 2.05) is 16.8 Å².